The summed E-state index contributed by atoms with van der Waals surface area (Å²) in [7, 11) is 0. The van der Waals surface area contributed by atoms with Crippen molar-refractivity contribution in [1.82, 2.24) is 10.3 Å². The average Bonchev–Trinajstić information content (AvgIpc) is 2.78. The summed E-state index contributed by atoms with van der Waals surface area (Å²) < 4.78 is 5.96. The monoisotopic (exact) mass is 390 g/mol. The van der Waals surface area contributed by atoms with Gasteiger partial charge in [0, 0.05) is 29.6 Å². The smallest absolute Gasteiger partial charge is 0.223 e. The fourth-order valence-corrected chi connectivity index (χ4v) is 3.92. The van der Waals surface area contributed by atoms with Crippen LogP contribution in [0.2, 0.25) is 0 Å². The number of fused-ring (bicyclic) bond motifs is 1. The van der Waals surface area contributed by atoms with Gasteiger partial charge in [0.25, 0.3) is 0 Å². The Morgan fingerprint density at radius 3 is 2.66 bits per heavy atom. The lowest BCUT2D eigenvalue weighted by atomic mass is 9.88. The Labute approximate surface area is 170 Å². The highest BCUT2D eigenvalue weighted by Gasteiger charge is 2.21. The molecule has 4 rings (SSSR count). The van der Waals surface area contributed by atoms with Gasteiger partial charge >= 0.3 is 0 Å². The van der Waals surface area contributed by atoms with Crippen LogP contribution < -0.4 is 10.1 Å². The van der Waals surface area contributed by atoms with Crippen molar-refractivity contribution in [2.45, 2.75) is 45.3 Å². The van der Waals surface area contributed by atoms with E-state index in [4.69, 9.17) is 4.74 Å². The van der Waals surface area contributed by atoms with Gasteiger partial charge in [-0.2, -0.15) is 0 Å². The van der Waals surface area contributed by atoms with Crippen molar-refractivity contribution in [3.63, 3.8) is 0 Å². The molecule has 0 aliphatic heterocycles. The molecule has 3 aromatic rings. The summed E-state index contributed by atoms with van der Waals surface area (Å²) in [5.41, 5.74) is 2.22. The molecule has 5 nitrogen and oxygen atoms in total. The normalized spacial score (nSPS) is 14.6. The molecule has 150 valence electrons. The van der Waals surface area contributed by atoms with Crippen LogP contribution in [0.5, 0.6) is 11.5 Å². The van der Waals surface area contributed by atoms with E-state index in [1.54, 1.807) is 12.3 Å². The van der Waals surface area contributed by atoms with Crippen molar-refractivity contribution < 1.29 is 14.6 Å². The number of carbonyl (C=O) groups is 1. The number of rotatable bonds is 6. The van der Waals surface area contributed by atoms with Gasteiger partial charge in [0.05, 0.1) is 0 Å². The van der Waals surface area contributed by atoms with Crippen LogP contribution >= 0.6 is 0 Å². The number of pyridine rings is 1. The lowest BCUT2D eigenvalue weighted by molar-refractivity contribution is -0.126. The number of amides is 1. The number of phenols is 1. The Kier molecular flexibility index (Phi) is 5.94. The number of nitrogens with one attached hydrogen (secondary N) is 1. The highest BCUT2D eigenvalue weighted by atomic mass is 16.5. The molecule has 5 heteroatoms. The third-order valence-electron chi connectivity index (χ3n) is 5.60. The van der Waals surface area contributed by atoms with Crippen LogP contribution in [0.25, 0.3) is 10.9 Å². The summed E-state index contributed by atoms with van der Waals surface area (Å²) in [6.45, 7) is 0.744. The number of hydrogen-bond donors (Lipinski definition) is 2. The third kappa shape index (κ3) is 4.50. The molecule has 1 amide bonds. The first-order valence-corrected chi connectivity index (χ1v) is 10.3. The van der Waals surface area contributed by atoms with Gasteiger partial charge in [0.2, 0.25) is 5.91 Å². The van der Waals surface area contributed by atoms with Crippen LogP contribution in [-0.4, -0.2) is 16.0 Å². The van der Waals surface area contributed by atoms with E-state index in [9.17, 15) is 9.90 Å². The second kappa shape index (κ2) is 8.95. The van der Waals surface area contributed by atoms with Gasteiger partial charge in [0.1, 0.15) is 23.6 Å². The largest absolute Gasteiger partial charge is 0.505 e. The number of nitrogens with zero attached hydrogens (tertiary/aromatic N) is 1. The summed E-state index contributed by atoms with van der Waals surface area (Å²) >= 11 is 0. The topological polar surface area (TPSA) is 71.5 Å². The molecular weight excluding hydrogens is 364 g/mol. The Balaban J connectivity index is 1.47. The summed E-state index contributed by atoms with van der Waals surface area (Å²) in [4.78, 5) is 16.7. The van der Waals surface area contributed by atoms with Gasteiger partial charge in [-0.1, -0.05) is 55.7 Å². The molecule has 2 aromatic carbocycles. The number of hydrogen-bond acceptors (Lipinski definition) is 4. The van der Waals surface area contributed by atoms with Gasteiger partial charge in [0.15, 0.2) is 0 Å². The van der Waals surface area contributed by atoms with E-state index in [1.807, 2.05) is 42.5 Å². The second-order valence-electron chi connectivity index (χ2n) is 7.61. The minimum atomic E-state index is 0.0806. The summed E-state index contributed by atoms with van der Waals surface area (Å²) in [5, 5.41) is 14.4. The minimum absolute atomic E-state index is 0.0806. The molecule has 0 unspecified atom stereocenters. The molecule has 0 radical (unpaired) electrons. The fourth-order valence-electron chi connectivity index (χ4n) is 3.92. The van der Waals surface area contributed by atoms with Crippen LogP contribution in [0.15, 0.2) is 54.7 Å². The molecular formula is C24H26N2O3. The van der Waals surface area contributed by atoms with Crippen molar-refractivity contribution in [2.24, 2.45) is 5.92 Å². The molecule has 0 atom stereocenters. The summed E-state index contributed by atoms with van der Waals surface area (Å²) in [5.74, 6) is 0.947. The van der Waals surface area contributed by atoms with Crippen molar-refractivity contribution in [2.75, 3.05) is 0 Å². The van der Waals surface area contributed by atoms with Gasteiger partial charge in [-0.3, -0.25) is 9.78 Å². The van der Waals surface area contributed by atoms with E-state index >= 15 is 0 Å². The molecule has 1 fully saturated rings. The average molecular weight is 390 g/mol. The lowest BCUT2D eigenvalue weighted by Gasteiger charge is -2.21. The number of phenolic OH excluding ortho intramolecular Hbond substituents is 1. The van der Waals surface area contributed by atoms with Crippen LogP contribution in [0.4, 0.5) is 0 Å². The molecule has 1 heterocycles. The van der Waals surface area contributed by atoms with Crippen molar-refractivity contribution in [3.8, 4) is 11.5 Å². The molecule has 1 aliphatic carbocycles. The first-order chi connectivity index (χ1) is 14.2. The predicted molar refractivity (Wildman–Crippen MR) is 113 cm³/mol. The van der Waals surface area contributed by atoms with E-state index in [1.165, 1.54) is 6.42 Å². The molecule has 1 saturated carbocycles. The summed E-state index contributed by atoms with van der Waals surface area (Å²) in [6.07, 6.45) is 7.00. The number of aromatic hydroxyl groups is 1. The number of carbonyl (C=O) groups excluding carboxylic acids is 1. The Morgan fingerprint density at radius 2 is 1.86 bits per heavy atom. The van der Waals surface area contributed by atoms with Gasteiger partial charge in [-0.25, -0.2) is 0 Å². The first-order valence-electron chi connectivity index (χ1n) is 10.3. The van der Waals surface area contributed by atoms with Crippen molar-refractivity contribution in [1.29, 1.82) is 0 Å². The van der Waals surface area contributed by atoms with E-state index in [0.29, 0.717) is 30.0 Å². The van der Waals surface area contributed by atoms with Crippen molar-refractivity contribution >= 4 is 16.8 Å². The van der Waals surface area contributed by atoms with E-state index in [2.05, 4.69) is 10.3 Å². The maximum absolute atomic E-state index is 12.4. The SMILES string of the molecule is O=C(NCc1ccc2c(OCc3ccccc3)ccnc2c1O)C1CCCCC1. The van der Waals surface area contributed by atoms with E-state index in [-0.39, 0.29) is 17.6 Å². The molecule has 0 saturated heterocycles. The van der Waals surface area contributed by atoms with E-state index < -0.39 is 0 Å². The van der Waals surface area contributed by atoms with Gasteiger partial charge in [-0.05, 0) is 30.5 Å². The lowest BCUT2D eigenvalue weighted by Crippen LogP contribution is -2.31. The van der Waals surface area contributed by atoms with Crippen LogP contribution in [0.3, 0.4) is 0 Å². The zero-order valence-electron chi connectivity index (χ0n) is 16.4. The van der Waals surface area contributed by atoms with Gasteiger partial charge in [-0.15, -0.1) is 0 Å². The molecule has 1 aromatic heterocycles. The quantitative estimate of drug-likeness (QED) is 0.639. The number of aromatic nitrogens is 1. The Hall–Kier alpha value is -3.08. The van der Waals surface area contributed by atoms with Gasteiger partial charge < -0.3 is 15.2 Å². The molecule has 0 bridgehead atoms. The Morgan fingerprint density at radius 1 is 1.07 bits per heavy atom. The third-order valence-corrected chi connectivity index (χ3v) is 5.60. The van der Waals surface area contributed by atoms with Crippen LogP contribution in [0.1, 0.15) is 43.2 Å². The van der Waals surface area contributed by atoms with E-state index in [0.717, 1.165) is 36.6 Å². The zero-order valence-corrected chi connectivity index (χ0v) is 16.4. The standard InChI is InChI=1S/C24H26N2O3/c27-23-19(15-26-24(28)18-9-5-2-6-10-18)11-12-20-21(13-14-25-22(20)23)29-16-17-7-3-1-4-8-17/h1,3-4,7-8,11-14,18,27H,2,5-6,9-10,15-16H2,(H,26,28). The highest BCUT2D eigenvalue weighted by molar-refractivity contribution is 5.90. The molecule has 1 aliphatic rings. The predicted octanol–water partition coefficient (Wildman–Crippen LogP) is 4.72. The maximum Gasteiger partial charge on any atom is 0.223 e. The highest BCUT2D eigenvalue weighted by Crippen LogP contribution is 2.33. The van der Waals surface area contributed by atoms with Crippen LogP contribution in [-0.2, 0) is 17.9 Å². The fraction of sp³-hybridized carbons (Fsp3) is 0.333. The Bertz CT molecular complexity index is 982. The molecule has 2 N–H and O–H groups in total. The second-order valence-corrected chi connectivity index (χ2v) is 7.61. The molecule has 0 spiro atoms. The maximum atomic E-state index is 12.4. The number of ether oxygens (including phenoxy) is 1. The van der Waals surface area contributed by atoms with Crippen molar-refractivity contribution in [3.05, 3.63) is 65.9 Å². The minimum Gasteiger partial charge on any atom is -0.505 e. The van der Waals surface area contributed by atoms with Crippen LogP contribution in [0, 0.1) is 5.92 Å². The first kappa shape index (κ1) is 19.2. The molecule has 29 heavy (non-hydrogen) atoms. The number of benzene rings is 2. The zero-order chi connectivity index (χ0) is 20.1. The summed E-state index contributed by atoms with van der Waals surface area (Å²) in [6, 6.07) is 15.5.